The van der Waals surface area contributed by atoms with E-state index in [0.717, 1.165) is 28.6 Å². The summed E-state index contributed by atoms with van der Waals surface area (Å²) in [6.45, 7) is 7.42. The van der Waals surface area contributed by atoms with Crippen molar-refractivity contribution in [3.63, 3.8) is 0 Å². The Balaban J connectivity index is 1.51. The van der Waals surface area contributed by atoms with Gasteiger partial charge in [0.25, 0.3) is 5.91 Å². The van der Waals surface area contributed by atoms with Crippen LogP contribution in [0.2, 0.25) is 0 Å². The number of aromatic nitrogens is 3. The van der Waals surface area contributed by atoms with Gasteiger partial charge in [0.15, 0.2) is 5.69 Å². The number of esters is 1. The Bertz CT molecular complexity index is 1030. The molecule has 1 aliphatic rings. The maximum atomic E-state index is 13.0. The third-order valence-corrected chi connectivity index (χ3v) is 5.73. The molecule has 0 radical (unpaired) electrons. The van der Waals surface area contributed by atoms with Crippen molar-refractivity contribution in [3.8, 4) is 0 Å². The van der Waals surface area contributed by atoms with Gasteiger partial charge < -0.3 is 14.6 Å². The molecule has 1 amide bonds. The lowest BCUT2D eigenvalue weighted by Gasteiger charge is -2.27. The van der Waals surface area contributed by atoms with Gasteiger partial charge in [-0.05, 0) is 24.0 Å². The molecule has 0 spiro atoms. The number of ether oxygens (including phenoxy) is 1. The molecule has 1 aliphatic heterocycles. The molecular formula is C22H26N4O3. The first-order valence-electron chi connectivity index (χ1n) is 9.98. The number of benzene rings is 1. The second-order valence-electron chi connectivity index (χ2n) is 8.37. The molecule has 0 aliphatic carbocycles. The van der Waals surface area contributed by atoms with Crippen LogP contribution in [-0.4, -0.2) is 45.1 Å². The average molecular weight is 394 g/mol. The van der Waals surface area contributed by atoms with Gasteiger partial charge in [-0.25, -0.2) is 4.79 Å². The van der Waals surface area contributed by atoms with E-state index in [4.69, 9.17) is 4.74 Å². The summed E-state index contributed by atoms with van der Waals surface area (Å²) in [7, 11) is 0. The average Bonchev–Trinajstić information content (AvgIpc) is 3.35. The monoisotopic (exact) mass is 394 g/mol. The summed E-state index contributed by atoms with van der Waals surface area (Å²) in [5, 5.41) is 8.12. The molecule has 4 rings (SSSR count). The molecule has 0 unspecified atom stereocenters. The van der Waals surface area contributed by atoms with E-state index in [0.29, 0.717) is 31.8 Å². The highest BCUT2D eigenvalue weighted by atomic mass is 16.5. The Labute approximate surface area is 169 Å². The number of carbonyl (C=O) groups excluding carboxylic acids is 2. The van der Waals surface area contributed by atoms with Crippen LogP contribution in [0.4, 0.5) is 0 Å². The molecule has 2 aromatic heterocycles. The van der Waals surface area contributed by atoms with E-state index in [1.54, 1.807) is 4.90 Å². The van der Waals surface area contributed by atoms with E-state index in [1.165, 1.54) is 0 Å². The number of hydrogen-bond acceptors (Lipinski definition) is 4. The van der Waals surface area contributed by atoms with Crippen LogP contribution in [0.15, 0.2) is 30.3 Å². The van der Waals surface area contributed by atoms with Crippen LogP contribution in [0, 0.1) is 5.41 Å². The van der Waals surface area contributed by atoms with Gasteiger partial charge in [0, 0.05) is 35.1 Å². The number of H-pyrrole nitrogens is 2. The maximum absolute atomic E-state index is 13.0. The van der Waals surface area contributed by atoms with Crippen molar-refractivity contribution >= 4 is 22.8 Å². The standard InChI is InChI=1S/C22H26N4O3/c1-4-22(2,3)13-29-21(28)19-15-12-26(10-9-17(15)24-25-19)20(27)18-11-14-7-5-6-8-16(14)23-18/h5-8,11,23H,4,9-10,12-13H2,1-3H3,(H,24,25). The fourth-order valence-corrected chi connectivity index (χ4v) is 3.43. The lowest BCUT2D eigenvalue weighted by Crippen LogP contribution is -2.36. The van der Waals surface area contributed by atoms with Crippen LogP contribution in [0.1, 0.15) is 59.4 Å². The fourth-order valence-electron chi connectivity index (χ4n) is 3.43. The van der Waals surface area contributed by atoms with E-state index < -0.39 is 5.97 Å². The van der Waals surface area contributed by atoms with E-state index >= 15 is 0 Å². The molecule has 29 heavy (non-hydrogen) atoms. The van der Waals surface area contributed by atoms with Crippen molar-refractivity contribution in [3.05, 3.63) is 53.0 Å². The molecule has 0 atom stereocenters. The van der Waals surface area contributed by atoms with E-state index in [-0.39, 0.29) is 17.0 Å². The molecule has 3 heterocycles. The third-order valence-electron chi connectivity index (χ3n) is 5.73. The van der Waals surface area contributed by atoms with E-state index in [9.17, 15) is 9.59 Å². The molecule has 152 valence electrons. The van der Waals surface area contributed by atoms with Gasteiger partial charge in [0.1, 0.15) is 5.69 Å². The summed E-state index contributed by atoms with van der Waals surface area (Å²) in [6.07, 6.45) is 1.54. The molecule has 2 N–H and O–H groups in total. The topological polar surface area (TPSA) is 91.1 Å². The fraction of sp³-hybridized carbons (Fsp3) is 0.409. The molecule has 0 bridgehead atoms. The second kappa shape index (κ2) is 7.39. The van der Waals surface area contributed by atoms with Crippen molar-refractivity contribution in [2.45, 2.75) is 40.2 Å². The molecule has 1 aromatic carbocycles. The number of para-hydroxylation sites is 1. The Morgan fingerprint density at radius 3 is 2.83 bits per heavy atom. The van der Waals surface area contributed by atoms with Crippen LogP contribution in [0.5, 0.6) is 0 Å². The number of nitrogens with zero attached hydrogens (tertiary/aromatic N) is 2. The molecule has 0 saturated carbocycles. The predicted octanol–water partition coefficient (Wildman–Crippen LogP) is 3.68. The van der Waals surface area contributed by atoms with E-state index in [2.05, 4.69) is 36.0 Å². The van der Waals surface area contributed by atoms with Crippen molar-refractivity contribution < 1.29 is 14.3 Å². The highest BCUT2D eigenvalue weighted by molar-refractivity contribution is 5.98. The summed E-state index contributed by atoms with van der Waals surface area (Å²) in [4.78, 5) is 30.5. The zero-order valence-electron chi connectivity index (χ0n) is 17.0. The van der Waals surface area contributed by atoms with Crippen LogP contribution < -0.4 is 0 Å². The lowest BCUT2D eigenvalue weighted by atomic mass is 9.92. The molecule has 7 nitrogen and oxygen atoms in total. The SMILES string of the molecule is CCC(C)(C)COC(=O)c1n[nH]c2c1CN(C(=O)c1cc3ccccc3[nH]1)CC2. The van der Waals surface area contributed by atoms with Gasteiger partial charge in [0.05, 0.1) is 13.2 Å². The van der Waals surface area contributed by atoms with Crippen molar-refractivity contribution in [2.24, 2.45) is 5.41 Å². The van der Waals surface area contributed by atoms with E-state index in [1.807, 2.05) is 30.3 Å². The van der Waals surface area contributed by atoms with Crippen LogP contribution >= 0.6 is 0 Å². The minimum Gasteiger partial charge on any atom is -0.460 e. The number of rotatable bonds is 5. The summed E-state index contributed by atoms with van der Waals surface area (Å²) in [5.41, 5.74) is 3.32. The quantitative estimate of drug-likeness (QED) is 0.646. The van der Waals surface area contributed by atoms with Crippen molar-refractivity contribution in [2.75, 3.05) is 13.2 Å². The molecule has 7 heteroatoms. The van der Waals surface area contributed by atoms with Crippen LogP contribution in [-0.2, 0) is 17.7 Å². The Morgan fingerprint density at radius 1 is 1.28 bits per heavy atom. The first-order chi connectivity index (χ1) is 13.9. The lowest BCUT2D eigenvalue weighted by molar-refractivity contribution is 0.0325. The van der Waals surface area contributed by atoms with Crippen molar-refractivity contribution in [1.29, 1.82) is 0 Å². The number of hydrogen-bond donors (Lipinski definition) is 2. The van der Waals surface area contributed by atoms with Crippen molar-refractivity contribution in [1.82, 2.24) is 20.1 Å². The predicted molar refractivity (Wildman–Crippen MR) is 110 cm³/mol. The molecular weight excluding hydrogens is 368 g/mol. The first-order valence-corrected chi connectivity index (χ1v) is 9.98. The minimum atomic E-state index is -0.441. The Hall–Kier alpha value is -3.09. The highest BCUT2D eigenvalue weighted by Crippen LogP contribution is 2.25. The Kier molecular flexibility index (Phi) is 4.90. The zero-order valence-corrected chi connectivity index (χ0v) is 17.0. The van der Waals surface area contributed by atoms with Crippen LogP contribution in [0.25, 0.3) is 10.9 Å². The summed E-state index contributed by atoms with van der Waals surface area (Å²) >= 11 is 0. The van der Waals surface area contributed by atoms with Gasteiger partial charge in [0.2, 0.25) is 0 Å². The largest absolute Gasteiger partial charge is 0.460 e. The summed E-state index contributed by atoms with van der Waals surface area (Å²) in [6, 6.07) is 9.66. The minimum absolute atomic E-state index is 0.0797. The number of aromatic amines is 2. The van der Waals surface area contributed by atoms with Crippen LogP contribution in [0.3, 0.4) is 0 Å². The molecule has 3 aromatic rings. The Morgan fingerprint density at radius 2 is 2.07 bits per heavy atom. The summed E-state index contributed by atoms with van der Waals surface area (Å²) < 4.78 is 5.50. The number of fused-ring (bicyclic) bond motifs is 2. The smallest absolute Gasteiger partial charge is 0.359 e. The first kappa shape index (κ1) is 19.2. The number of carbonyl (C=O) groups is 2. The normalized spacial score (nSPS) is 14.1. The summed E-state index contributed by atoms with van der Waals surface area (Å²) in [5.74, 6) is -0.525. The zero-order chi connectivity index (χ0) is 20.6. The second-order valence-corrected chi connectivity index (χ2v) is 8.37. The number of amides is 1. The van der Waals surface area contributed by atoms with Gasteiger partial charge in [-0.3, -0.25) is 9.89 Å². The van der Waals surface area contributed by atoms with Gasteiger partial charge in [-0.2, -0.15) is 5.10 Å². The maximum Gasteiger partial charge on any atom is 0.359 e. The third kappa shape index (κ3) is 3.77. The number of nitrogens with one attached hydrogen (secondary N) is 2. The van der Waals surface area contributed by atoms with Gasteiger partial charge in [-0.1, -0.05) is 39.0 Å². The molecule has 0 fully saturated rings. The van der Waals surface area contributed by atoms with Gasteiger partial charge in [-0.15, -0.1) is 0 Å². The molecule has 0 saturated heterocycles. The highest BCUT2D eigenvalue weighted by Gasteiger charge is 2.30. The van der Waals surface area contributed by atoms with Gasteiger partial charge >= 0.3 is 5.97 Å².